The Balaban J connectivity index is 1.99. The van der Waals surface area contributed by atoms with E-state index in [0.717, 1.165) is 37.1 Å². The molecule has 0 aliphatic carbocycles. The van der Waals surface area contributed by atoms with E-state index < -0.39 is 0 Å². The molecule has 2 aliphatic rings. The quantitative estimate of drug-likeness (QED) is 0.823. The normalized spacial score (nSPS) is 26.9. The first-order valence-corrected chi connectivity index (χ1v) is 6.76. The third kappa shape index (κ3) is 1.75. The molecule has 5 nitrogen and oxygen atoms in total. The number of fused-ring (bicyclic) bond motifs is 1. The van der Waals surface area contributed by atoms with Crippen molar-refractivity contribution in [1.29, 1.82) is 5.26 Å². The third-order valence-corrected chi connectivity index (χ3v) is 4.44. The lowest BCUT2D eigenvalue weighted by atomic mass is 10.0. The maximum atomic E-state index is 12.0. The van der Waals surface area contributed by atoms with Crippen LogP contribution in [-0.2, 0) is 11.8 Å². The van der Waals surface area contributed by atoms with E-state index in [1.54, 1.807) is 0 Å². The van der Waals surface area contributed by atoms with Crippen molar-refractivity contribution >= 4 is 5.91 Å². The number of aromatic nitrogens is 1. The fraction of sp³-hybridized carbons (Fsp3) is 0.571. The Morgan fingerprint density at radius 2 is 2.26 bits per heavy atom. The Morgan fingerprint density at radius 3 is 2.95 bits per heavy atom. The lowest BCUT2D eigenvalue weighted by Gasteiger charge is -2.31. The van der Waals surface area contributed by atoms with Crippen LogP contribution in [0, 0.1) is 18.3 Å². The molecule has 0 bridgehead atoms. The van der Waals surface area contributed by atoms with Gasteiger partial charge in [0.15, 0.2) is 0 Å². The van der Waals surface area contributed by atoms with E-state index in [1.165, 1.54) is 0 Å². The predicted molar refractivity (Wildman–Crippen MR) is 70.1 cm³/mol. The highest BCUT2D eigenvalue weighted by atomic mass is 16.2. The van der Waals surface area contributed by atoms with E-state index >= 15 is 0 Å². The van der Waals surface area contributed by atoms with Gasteiger partial charge in [-0.2, -0.15) is 5.26 Å². The molecular weight excluding hydrogens is 240 g/mol. The van der Waals surface area contributed by atoms with Gasteiger partial charge in [0.2, 0.25) is 5.91 Å². The first kappa shape index (κ1) is 12.2. The molecule has 2 saturated heterocycles. The molecule has 1 N–H and O–H groups in total. The Labute approximate surface area is 112 Å². The fourth-order valence-electron chi connectivity index (χ4n) is 3.22. The molecule has 2 atom stereocenters. The van der Waals surface area contributed by atoms with Gasteiger partial charge in [-0.3, -0.25) is 9.69 Å². The average molecular weight is 258 g/mol. The van der Waals surface area contributed by atoms with Gasteiger partial charge < -0.3 is 9.88 Å². The van der Waals surface area contributed by atoms with Crippen molar-refractivity contribution < 1.29 is 4.79 Å². The van der Waals surface area contributed by atoms with Gasteiger partial charge in [-0.15, -0.1) is 0 Å². The number of nitrogens with zero attached hydrogens (tertiary/aromatic N) is 3. The third-order valence-electron chi connectivity index (χ3n) is 4.44. The summed E-state index contributed by atoms with van der Waals surface area (Å²) in [4.78, 5) is 14.3. The number of carbonyl (C=O) groups excluding carboxylic acids is 1. The molecule has 0 spiro atoms. The zero-order valence-electron chi connectivity index (χ0n) is 11.3. The van der Waals surface area contributed by atoms with Crippen molar-refractivity contribution in [2.24, 2.45) is 7.05 Å². The number of piperidine rings is 1. The largest absolute Gasteiger partial charge is 0.340 e. The topological polar surface area (TPSA) is 61.1 Å². The molecule has 5 heteroatoms. The van der Waals surface area contributed by atoms with E-state index in [2.05, 4.69) is 16.3 Å². The second-order valence-electron chi connectivity index (χ2n) is 5.40. The van der Waals surface area contributed by atoms with Gasteiger partial charge in [0, 0.05) is 24.8 Å². The van der Waals surface area contributed by atoms with Gasteiger partial charge in [-0.1, -0.05) is 6.42 Å². The molecule has 0 unspecified atom stereocenters. The zero-order chi connectivity index (χ0) is 13.6. The fourth-order valence-corrected chi connectivity index (χ4v) is 3.22. The number of hydrogen-bond acceptors (Lipinski definition) is 3. The van der Waals surface area contributed by atoms with Gasteiger partial charge in [0.1, 0.15) is 17.9 Å². The molecule has 3 rings (SSSR count). The van der Waals surface area contributed by atoms with Crippen LogP contribution in [0.2, 0.25) is 0 Å². The van der Waals surface area contributed by atoms with Crippen molar-refractivity contribution in [3.63, 3.8) is 0 Å². The van der Waals surface area contributed by atoms with Gasteiger partial charge in [-0.25, -0.2) is 0 Å². The maximum absolute atomic E-state index is 12.0. The predicted octanol–water partition coefficient (Wildman–Crippen LogP) is 1.19. The SMILES string of the molecule is Cc1c([C@@H]2NC(=O)[C@H]3CCCCN32)cc(C#N)n1C. The van der Waals surface area contributed by atoms with Gasteiger partial charge in [0.25, 0.3) is 0 Å². The molecule has 19 heavy (non-hydrogen) atoms. The van der Waals surface area contributed by atoms with Gasteiger partial charge in [0.05, 0.1) is 6.04 Å². The first-order valence-electron chi connectivity index (χ1n) is 6.76. The standard InChI is InChI=1S/C14H18N4O/c1-9-11(7-10(8-15)17(9)2)13-16-14(19)12-5-3-4-6-18(12)13/h7,12-13H,3-6H2,1-2H3,(H,16,19)/t12-,13-/m1/s1. The van der Waals surface area contributed by atoms with Crippen LogP contribution in [0.1, 0.15) is 42.4 Å². The van der Waals surface area contributed by atoms with Crippen molar-refractivity contribution in [3.8, 4) is 6.07 Å². The van der Waals surface area contributed by atoms with Gasteiger partial charge in [-0.05, 0) is 25.8 Å². The molecule has 2 aliphatic heterocycles. The number of rotatable bonds is 1. The zero-order valence-corrected chi connectivity index (χ0v) is 11.3. The summed E-state index contributed by atoms with van der Waals surface area (Å²) in [6, 6.07) is 4.11. The molecule has 0 radical (unpaired) electrons. The molecule has 0 aromatic carbocycles. The van der Waals surface area contributed by atoms with Crippen LogP contribution < -0.4 is 5.32 Å². The highest BCUT2D eigenvalue weighted by molar-refractivity contribution is 5.84. The summed E-state index contributed by atoms with van der Waals surface area (Å²) in [5.41, 5.74) is 2.74. The van der Waals surface area contributed by atoms with Crippen molar-refractivity contribution in [3.05, 3.63) is 23.0 Å². The minimum Gasteiger partial charge on any atom is -0.340 e. The summed E-state index contributed by atoms with van der Waals surface area (Å²) in [6.07, 6.45) is 3.14. The minimum absolute atomic E-state index is 0.0175. The second kappa shape index (κ2) is 4.39. The highest BCUT2D eigenvalue weighted by Gasteiger charge is 2.42. The van der Waals surface area contributed by atoms with E-state index in [4.69, 9.17) is 5.26 Å². The number of amides is 1. The van der Waals surface area contributed by atoms with E-state index in [-0.39, 0.29) is 18.1 Å². The molecule has 0 saturated carbocycles. The van der Waals surface area contributed by atoms with Crippen LogP contribution in [-0.4, -0.2) is 28.0 Å². The summed E-state index contributed by atoms with van der Waals surface area (Å²) in [5.74, 6) is 0.131. The molecule has 2 fully saturated rings. The molecule has 1 amide bonds. The number of nitriles is 1. The van der Waals surface area contributed by atoms with Crippen molar-refractivity contribution in [2.75, 3.05) is 6.54 Å². The summed E-state index contributed by atoms with van der Waals surface area (Å²) < 4.78 is 1.89. The van der Waals surface area contributed by atoms with Crippen LogP contribution >= 0.6 is 0 Å². The smallest absolute Gasteiger partial charge is 0.238 e. The van der Waals surface area contributed by atoms with Crippen LogP contribution in [0.3, 0.4) is 0 Å². The highest BCUT2D eigenvalue weighted by Crippen LogP contribution is 2.34. The lowest BCUT2D eigenvalue weighted by molar-refractivity contribution is -0.122. The molecule has 100 valence electrons. The maximum Gasteiger partial charge on any atom is 0.238 e. The van der Waals surface area contributed by atoms with E-state index in [1.807, 2.05) is 24.6 Å². The summed E-state index contributed by atoms with van der Waals surface area (Å²) in [5, 5.41) is 12.2. The summed E-state index contributed by atoms with van der Waals surface area (Å²) >= 11 is 0. The first-order chi connectivity index (χ1) is 9.13. The molecule has 1 aromatic rings. The van der Waals surface area contributed by atoms with Crippen LogP contribution in [0.5, 0.6) is 0 Å². The summed E-state index contributed by atoms with van der Waals surface area (Å²) in [7, 11) is 1.89. The Kier molecular flexibility index (Phi) is 2.83. The summed E-state index contributed by atoms with van der Waals surface area (Å²) in [6.45, 7) is 2.95. The molecule has 1 aromatic heterocycles. The Morgan fingerprint density at radius 1 is 1.47 bits per heavy atom. The lowest BCUT2D eigenvalue weighted by Crippen LogP contribution is -2.38. The van der Waals surface area contributed by atoms with Gasteiger partial charge >= 0.3 is 0 Å². The number of carbonyl (C=O) groups is 1. The van der Waals surface area contributed by atoms with Crippen molar-refractivity contribution in [1.82, 2.24) is 14.8 Å². The second-order valence-corrected chi connectivity index (χ2v) is 5.40. The Bertz CT molecular complexity index is 569. The van der Waals surface area contributed by atoms with Crippen LogP contribution in [0.25, 0.3) is 0 Å². The number of nitrogens with one attached hydrogen (secondary N) is 1. The average Bonchev–Trinajstić information content (AvgIpc) is 2.90. The van der Waals surface area contributed by atoms with E-state index in [9.17, 15) is 4.79 Å². The van der Waals surface area contributed by atoms with Crippen LogP contribution in [0.15, 0.2) is 6.07 Å². The molecular formula is C14H18N4O. The minimum atomic E-state index is -0.0638. The Hall–Kier alpha value is -1.80. The van der Waals surface area contributed by atoms with E-state index in [0.29, 0.717) is 5.69 Å². The number of hydrogen-bond donors (Lipinski definition) is 1. The molecule has 3 heterocycles. The monoisotopic (exact) mass is 258 g/mol. The van der Waals surface area contributed by atoms with Crippen LogP contribution in [0.4, 0.5) is 0 Å². The van der Waals surface area contributed by atoms with Crippen molar-refractivity contribution in [2.45, 2.75) is 38.4 Å².